The van der Waals surface area contributed by atoms with Crippen LogP contribution in [0.3, 0.4) is 0 Å². The molecule has 0 saturated heterocycles. The van der Waals surface area contributed by atoms with Gasteiger partial charge in [0.25, 0.3) is 5.91 Å². The average molecular weight is 407 g/mol. The maximum atomic E-state index is 13.2. The Labute approximate surface area is 175 Å². The van der Waals surface area contributed by atoms with Gasteiger partial charge in [0.05, 0.1) is 18.7 Å². The highest BCUT2D eigenvalue weighted by molar-refractivity contribution is 5.97. The number of fused-ring (bicyclic) bond motifs is 1. The number of benzene rings is 2. The molecule has 30 heavy (non-hydrogen) atoms. The molecule has 0 aromatic heterocycles. The second-order valence-corrected chi connectivity index (χ2v) is 8.30. The lowest BCUT2D eigenvalue weighted by atomic mass is 9.84. The molecule has 1 heterocycles. The minimum Gasteiger partial charge on any atom is -0.497 e. The molecule has 3 rings (SSSR count). The molecular formula is C23H25N3O4. The minimum atomic E-state index is -1.16. The summed E-state index contributed by atoms with van der Waals surface area (Å²) < 4.78 is 5.25. The molecule has 2 N–H and O–H groups in total. The molecule has 1 atom stereocenters. The van der Waals surface area contributed by atoms with Gasteiger partial charge in [-0.1, -0.05) is 32.9 Å². The van der Waals surface area contributed by atoms with Gasteiger partial charge >= 0.3 is 6.09 Å². The topological polar surface area (TPSA) is 103 Å². The number of hydrogen-bond donors (Lipinski definition) is 2. The fraction of sp³-hybridized carbons (Fsp3) is 0.348. The first-order valence-corrected chi connectivity index (χ1v) is 9.67. The van der Waals surface area contributed by atoms with Crippen molar-refractivity contribution in [1.29, 1.82) is 5.26 Å². The predicted octanol–water partition coefficient (Wildman–Crippen LogP) is 4.08. The summed E-state index contributed by atoms with van der Waals surface area (Å²) in [6.45, 7) is 6.25. The van der Waals surface area contributed by atoms with Crippen molar-refractivity contribution >= 4 is 17.7 Å². The summed E-state index contributed by atoms with van der Waals surface area (Å²) in [5.74, 6) is 0.198. The highest BCUT2D eigenvalue weighted by Gasteiger charge is 2.36. The lowest BCUT2D eigenvalue weighted by molar-refractivity contribution is -0.121. The van der Waals surface area contributed by atoms with Gasteiger partial charge < -0.3 is 15.2 Å². The van der Waals surface area contributed by atoms with E-state index in [1.807, 2.05) is 32.9 Å². The number of hydrogen-bond acceptors (Lipinski definition) is 4. The van der Waals surface area contributed by atoms with Crippen LogP contribution in [0.15, 0.2) is 36.4 Å². The van der Waals surface area contributed by atoms with E-state index in [4.69, 9.17) is 4.74 Å². The van der Waals surface area contributed by atoms with E-state index in [-0.39, 0.29) is 12.0 Å². The zero-order valence-corrected chi connectivity index (χ0v) is 17.5. The molecule has 156 valence electrons. The number of rotatable bonds is 3. The van der Waals surface area contributed by atoms with Crippen LogP contribution in [0.2, 0.25) is 0 Å². The molecule has 1 aliphatic heterocycles. The van der Waals surface area contributed by atoms with Crippen LogP contribution in [-0.4, -0.2) is 35.7 Å². The molecule has 2 amide bonds. The molecule has 0 bridgehead atoms. The number of nitrogens with one attached hydrogen (secondary N) is 1. The third-order valence-electron chi connectivity index (χ3n) is 5.29. The molecule has 0 spiro atoms. The molecule has 1 unspecified atom stereocenters. The number of carbonyl (C=O) groups excluding carboxylic acids is 1. The smallest absolute Gasteiger partial charge is 0.408 e. The van der Waals surface area contributed by atoms with Crippen molar-refractivity contribution in [2.45, 2.75) is 38.6 Å². The van der Waals surface area contributed by atoms with Gasteiger partial charge in [0, 0.05) is 12.2 Å². The van der Waals surface area contributed by atoms with Crippen LogP contribution >= 0.6 is 0 Å². The number of nitrogens with zero attached hydrogens (tertiary/aromatic N) is 2. The van der Waals surface area contributed by atoms with Gasteiger partial charge in [-0.15, -0.1) is 0 Å². The Balaban J connectivity index is 1.95. The highest BCUT2D eigenvalue weighted by Crippen LogP contribution is 2.34. The van der Waals surface area contributed by atoms with Crippen molar-refractivity contribution in [3.05, 3.63) is 58.7 Å². The lowest BCUT2D eigenvalue weighted by Gasteiger charge is -2.34. The molecular weight excluding hydrogens is 382 g/mol. The summed E-state index contributed by atoms with van der Waals surface area (Å²) in [6.07, 6.45) is -0.654. The van der Waals surface area contributed by atoms with Gasteiger partial charge in [0.1, 0.15) is 11.8 Å². The molecule has 0 radical (unpaired) electrons. The minimum absolute atomic E-state index is 0.208. The quantitative estimate of drug-likeness (QED) is 0.798. The number of methoxy groups -OCH3 is 1. The van der Waals surface area contributed by atoms with Crippen LogP contribution in [0.5, 0.6) is 5.75 Å². The maximum Gasteiger partial charge on any atom is 0.408 e. The fourth-order valence-corrected chi connectivity index (χ4v) is 3.80. The van der Waals surface area contributed by atoms with Gasteiger partial charge in [-0.25, -0.2) is 4.79 Å². The van der Waals surface area contributed by atoms with E-state index in [0.29, 0.717) is 29.0 Å². The zero-order chi connectivity index (χ0) is 22.1. The van der Waals surface area contributed by atoms with Crippen molar-refractivity contribution in [2.24, 2.45) is 0 Å². The third kappa shape index (κ3) is 4.08. The molecule has 2 aromatic rings. The Kier molecular flexibility index (Phi) is 5.70. The number of ether oxygens (including phenoxy) is 1. The van der Waals surface area contributed by atoms with E-state index in [1.54, 1.807) is 31.4 Å². The fourth-order valence-electron chi connectivity index (χ4n) is 3.80. The van der Waals surface area contributed by atoms with Gasteiger partial charge in [-0.3, -0.25) is 9.69 Å². The maximum absolute atomic E-state index is 13.2. The first-order chi connectivity index (χ1) is 14.2. The van der Waals surface area contributed by atoms with E-state index >= 15 is 0 Å². The normalized spacial score (nSPS) is 15.7. The van der Waals surface area contributed by atoms with Crippen LogP contribution in [0.4, 0.5) is 10.5 Å². The summed E-state index contributed by atoms with van der Waals surface area (Å²) in [5.41, 5.74) is 3.11. The van der Waals surface area contributed by atoms with E-state index in [0.717, 1.165) is 16.0 Å². The van der Waals surface area contributed by atoms with Crippen LogP contribution in [-0.2, 0) is 16.6 Å². The third-order valence-corrected chi connectivity index (χ3v) is 5.29. The number of amides is 2. The number of nitriles is 1. The van der Waals surface area contributed by atoms with Gasteiger partial charge in [0.2, 0.25) is 0 Å². The van der Waals surface area contributed by atoms with Crippen molar-refractivity contribution in [3.8, 4) is 11.8 Å². The highest BCUT2D eigenvalue weighted by atomic mass is 16.5. The predicted molar refractivity (Wildman–Crippen MR) is 113 cm³/mol. The van der Waals surface area contributed by atoms with E-state index in [1.165, 1.54) is 0 Å². The van der Waals surface area contributed by atoms with E-state index < -0.39 is 18.0 Å². The molecule has 7 nitrogen and oxygen atoms in total. The molecule has 0 aliphatic carbocycles. The molecule has 2 aromatic carbocycles. The molecule has 1 aliphatic rings. The Bertz CT molecular complexity index is 1030. The largest absolute Gasteiger partial charge is 0.497 e. The van der Waals surface area contributed by atoms with E-state index in [2.05, 4.69) is 11.4 Å². The Hall–Kier alpha value is -3.53. The summed E-state index contributed by atoms with van der Waals surface area (Å²) in [4.78, 5) is 26.1. The number of carbonyl (C=O) groups is 2. The Morgan fingerprint density at radius 1 is 1.23 bits per heavy atom. The SMILES string of the molecule is COc1ccc2c(c1)CCN(C(=O)O)C2C(=O)Nc1ccc(C(C)(C)C)c(C#N)c1. The summed E-state index contributed by atoms with van der Waals surface area (Å²) in [5, 5.41) is 22.0. The molecule has 7 heteroatoms. The monoisotopic (exact) mass is 407 g/mol. The van der Waals surface area contributed by atoms with Gasteiger partial charge in [-0.2, -0.15) is 5.26 Å². The molecule has 0 fully saturated rings. The first kappa shape index (κ1) is 21.2. The Morgan fingerprint density at radius 2 is 1.97 bits per heavy atom. The second-order valence-electron chi connectivity index (χ2n) is 8.30. The van der Waals surface area contributed by atoms with Crippen LogP contribution in [0.1, 0.15) is 49.1 Å². The summed E-state index contributed by atoms with van der Waals surface area (Å²) in [7, 11) is 1.56. The second kappa shape index (κ2) is 8.07. The first-order valence-electron chi connectivity index (χ1n) is 9.67. The Morgan fingerprint density at radius 3 is 2.57 bits per heavy atom. The van der Waals surface area contributed by atoms with Gasteiger partial charge in [0.15, 0.2) is 0 Å². The summed E-state index contributed by atoms with van der Waals surface area (Å²) >= 11 is 0. The van der Waals surface area contributed by atoms with Gasteiger partial charge in [-0.05, 0) is 52.8 Å². The van der Waals surface area contributed by atoms with Crippen LogP contribution in [0, 0.1) is 11.3 Å². The van der Waals surface area contributed by atoms with Crippen molar-refractivity contribution < 1.29 is 19.4 Å². The van der Waals surface area contributed by atoms with Crippen molar-refractivity contribution in [1.82, 2.24) is 4.90 Å². The van der Waals surface area contributed by atoms with Crippen LogP contribution < -0.4 is 10.1 Å². The van der Waals surface area contributed by atoms with E-state index in [9.17, 15) is 20.0 Å². The lowest BCUT2D eigenvalue weighted by Crippen LogP contribution is -2.44. The number of carboxylic acid groups (broad SMARTS) is 1. The number of anilines is 1. The summed E-state index contributed by atoms with van der Waals surface area (Å²) in [6, 6.07) is 11.7. The van der Waals surface area contributed by atoms with Crippen LogP contribution in [0.25, 0.3) is 0 Å². The van der Waals surface area contributed by atoms with Crippen molar-refractivity contribution in [3.63, 3.8) is 0 Å². The van der Waals surface area contributed by atoms with Crippen molar-refractivity contribution in [2.75, 3.05) is 19.0 Å². The zero-order valence-electron chi connectivity index (χ0n) is 17.5. The average Bonchev–Trinajstić information content (AvgIpc) is 2.71. The molecule has 0 saturated carbocycles. The standard InChI is InChI=1S/C23H25N3O4/c1-23(2,3)19-8-5-16(11-15(19)13-24)25-21(27)20-18-7-6-17(30-4)12-14(18)9-10-26(20)22(28)29/h5-8,11-12,20H,9-10H2,1-4H3,(H,25,27)(H,28,29).